The summed E-state index contributed by atoms with van der Waals surface area (Å²) in [6, 6.07) is 1.48. The molecule has 3 heteroatoms. The zero-order valence-electron chi connectivity index (χ0n) is 11.4. The monoisotopic (exact) mass is 247 g/mol. The predicted octanol–water partition coefficient (Wildman–Crippen LogP) is 3.28. The molecule has 0 bridgehead atoms. The van der Waals surface area contributed by atoms with Crippen LogP contribution < -0.4 is 5.32 Å². The molecule has 1 aromatic rings. The van der Waals surface area contributed by atoms with E-state index in [1.807, 2.05) is 12.5 Å². The van der Waals surface area contributed by atoms with Crippen molar-refractivity contribution < 1.29 is 0 Å². The van der Waals surface area contributed by atoms with E-state index in [1.54, 1.807) is 0 Å². The number of nitrogens with one attached hydrogen (secondary N) is 1. The first-order valence-corrected chi connectivity index (χ1v) is 7.61. The normalized spacial score (nSPS) is 28.5. The molecule has 2 fully saturated rings. The number of aromatic nitrogens is 2. The highest BCUT2D eigenvalue weighted by Gasteiger charge is 2.24. The molecule has 2 saturated carbocycles. The molecule has 0 spiro atoms. The van der Waals surface area contributed by atoms with Crippen LogP contribution >= 0.6 is 0 Å². The maximum atomic E-state index is 4.36. The van der Waals surface area contributed by atoms with Gasteiger partial charge in [-0.25, -0.2) is 4.98 Å². The second-order valence-corrected chi connectivity index (χ2v) is 6.03. The van der Waals surface area contributed by atoms with Crippen molar-refractivity contribution >= 4 is 0 Å². The standard InChI is InChI=1S/C15H25N3/c1-2-12-3-7-14(8-4-12)18-11-16-9-15(18)10-17-13-5-6-13/h9,11-14,17H,2-8,10H2,1H3. The molecule has 0 saturated heterocycles. The Labute approximate surface area is 110 Å². The van der Waals surface area contributed by atoms with Crippen molar-refractivity contribution in [1.82, 2.24) is 14.9 Å². The van der Waals surface area contributed by atoms with Gasteiger partial charge in [-0.3, -0.25) is 0 Å². The lowest BCUT2D eigenvalue weighted by Crippen LogP contribution is -2.22. The van der Waals surface area contributed by atoms with Crippen LogP contribution in [-0.4, -0.2) is 15.6 Å². The van der Waals surface area contributed by atoms with Crippen molar-refractivity contribution in [2.75, 3.05) is 0 Å². The number of imidazole rings is 1. The zero-order valence-corrected chi connectivity index (χ0v) is 11.4. The summed E-state index contributed by atoms with van der Waals surface area (Å²) < 4.78 is 2.43. The Bertz CT molecular complexity index is 373. The number of nitrogens with zero attached hydrogens (tertiary/aromatic N) is 2. The Kier molecular flexibility index (Phi) is 3.69. The van der Waals surface area contributed by atoms with Crippen LogP contribution in [0.1, 0.15) is 63.6 Å². The van der Waals surface area contributed by atoms with Gasteiger partial charge in [0.25, 0.3) is 0 Å². The molecule has 3 rings (SSSR count). The third kappa shape index (κ3) is 2.77. The Morgan fingerprint density at radius 2 is 2.00 bits per heavy atom. The van der Waals surface area contributed by atoms with Crippen LogP contribution in [-0.2, 0) is 6.54 Å². The SMILES string of the molecule is CCC1CCC(n2cncc2CNC2CC2)CC1. The van der Waals surface area contributed by atoms with Crippen molar-refractivity contribution in [3.8, 4) is 0 Å². The van der Waals surface area contributed by atoms with E-state index in [0.29, 0.717) is 6.04 Å². The minimum Gasteiger partial charge on any atom is -0.330 e. The second-order valence-electron chi connectivity index (χ2n) is 6.03. The van der Waals surface area contributed by atoms with Crippen LogP contribution in [0, 0.1) is 5.92 Å². The molecule has 1 N–H and O–H groups in total. The van der Waals surface area contributed by atoms with Crippen LogP contribution in [0.3, 0.4) is 0 Å². The van der Waals surface area contributed by atoms with Gasteiger partial charge in [0.15, 0.2) is 0 Å². The lowest BCUT2D eigenvalue weighted by Gasteiger charge is -2.29. The first-order valence-electron chi connectivity index (χ1n) is 7.61. The van der Waals surface area contributed by atoms with E-state index >= 15 is 0 Å². The van der Waals surface area contributed by atoms with Gasteiger partial charge >= 0.3 is 0 Å². The van der Waals surface area contributed by atoms with E-state index in [4.69, 9.17) is 0 Å². The summed E-state index contributed by atoms with van der Waals surface area (Å²) in [5, 5.41) is 3.60. The molecule has 0 amide bonds. The van der Waals surface area contributed by atoms with Crippen LogP contribution in [0.2, 0.25) is 0 Å². The molecule has 0 atom stereocenters. The minimum absolute atomic E-state index is 0.700. The second kappa shape index (κ2) is 5.43. The maximum Gasteiger partial charge on any atom is 0.0951 e. The molecule has 0 unspecified atom stereocenters. The van der Waals surface area contributed by atoms with Crippen molar-refractivity contribution in [3.63, 3.8) is 0 Å². The number of hydrogen-bond acceptors (Lipinski definition) is 2. The molecule has 18 heavy (non-hydrogen) atoms. The fraction of sp³-hybridized carbons (Fsp3) is 0.800. The third-order valence-corrected chi connectivity index (χ3v) is 4.68. The molecule has 0 radical (unpaired) electrons. The highest BCUT2D eigenvalue weighted by molar-refractivity contribution is 5.02. The third-order valence-electron chi connectivity index (χ3n) is 4.68. The fourth-order valence-electron chi connectivity index (χ4n) is 3.17. The fourth-order valence-corrected chi connectivity index (χ4v) is 3.17. The zero-order chi connectivity index (χ0) is 12.4. The molecule has 2 aliphatic rings. The van der Waals surface area contributed by atoms with Gasteiger partial charge in [-0.1, -0.05) is 13.3 Å². The highest BCUT2D eigenvalue weighted by Crippen LogP contribution is 2.34. The van der Waals surface area contributed by atoms with Gasteiger partial charge in [0, 0.05) is 24.8 Å². The van der Waals surface area contributed by atoms with Crippen LogP contribution in [0.15, 0.2) is 12.5 Å². The van der Waals surface area contributed by atoms with Gasteiger partial charge in [0.1, 0.15) is 0 Å². The van der Waals surface area contributed by atoms with Crippen LogP contribution in [0.4, 0.5) is 0 Å². The Hall–Kier alpha value is -0.830. The van der Waals surface area contributed by atoms with Crippen molar-refractivity contribution in [2.24, 2.45) is 5.92 Å². The van der Waals surface area contributed by atoms with Gasteiger partial charge in [0.2, 0.25) is 0 Å². The highest BCUT2D eigenvalue weighted by atomic mass is 15.1. The quantitative estimate of drug-likeness (QED) is 0.865. The van der Waals surface area contributed by atoms with Crippen molar-refractivity contribution in [3.05, 3.63) is 18.2 Å². The average Bonchev–Trinajstić information content (AvgIpc) is 3.14. The van der Waals surface area contributed by atoms with Gasteiger partial charge in [-0.2, -0.15) is 0 Å². The van der Waals surface area contributed by atoms with E-state index in [1.165, 1.54) is 50.6 Å². The van der Waals surface area contributed by atoms with E-state index in [9.17, 15) is 0 Å². The van der Waals surface area contributed by atoms with E-state index in [2.05, 4.69) is 21.8 Å². The summed E-state index contributed by atoms with van der Waals surface area (Å²) >= 11 is 0. The smallest absolute Gasteiger partial charge is 0.0951 e. The Morgan fingerprint density at radius 1 is 1.22 bits per heavy atom. The van der Waals surface area contributed by atoms with Gasteiger partial charge in [-0.15, -0.1) is 0 Å². The Morgan fingerprint density at radius 3 is 2.67 bits per heavy atom. The molecule has 3 nitrogen and oxygen atoms in total. The summed E-state index contributed by atoms with van der Waals surface area (Å²) in [6.07, 6.45) is 13.6. The molecule has 0 aliphatic heterocycles. The summed E-state index contributed by atoms with van der Waals surface area (Å²) in [5.41, 5.74) is 1.38. The first kappa shape index (κ1) is 12.2. The van der Waals surface area contributed by atoms with E-state index in [0.717, 1.165) is 18.5 Å². The minimum atomic E-state index is 0.700. The lowest BCUT2D eigenvalue weighted by molar-refractivity contribution is 0.265. The van der Waals surface area contributed by atoms with Gasteiger partial charge in [0.05, 0.1) is 12.0 Å². The molecule has 1 aromatic heterocycles. The van der Waals surface area contributed by atoms with Gasteiger partial charge < -0.3 is 9.88 Å². The summed E-state index contributed by atoms with van der Waals surface area (Å²) in [6.45, 7) is 3.32. The molecular formula is C15H25N3. The largest absolute Gasteiger partial charge is 0.330 e. The molecule has 2 aliphatic carbocycles. The summed E-state index contributed by atoms with van der Waals surface area (Å²) in [5.74, 6) is 0.970. The maximum absolute atomic E-state index is 4.36. The topological polar surface area (TPSA) is 29.9 Å². The number of rotatable bonds is 5. The molecular weight excluding hydrogens is 222 g/mol. The van der Waals surface area contributed by atoms with E-state index < -0.39 is 0 Å². The lowest BCUT2D eigenvalue weighted by atomic mass is 9.84. The van der Waals surface area contributed by atoms with Crippen molar-refractivity contribution in [2.45, 2.75) is 70.5 Å². The van der Waals surface area contributed by atoms with Gasteiger partial charge in [-0.05, 0) is 44.4 Å². The number of hydrogen-bond donors (Lipinski definition) is 1. The molecule has 100 valence electrons. The first-order chi connectivity index (χ1) is 8.86. The predicted molar refractivity (Wildman–Crippen MR) is 73.4 cm³/mol. The van der Waals surface area contributed by atoms with Crippen molar-refractivity contribution in [1.29, 1.82) is 0 Å². The van der Waals surface area contributed by atoms with Crippen LogP contribution in [0.25, 0.3) is 0 Å². The van der Waals surface area contributed by atoms with E-state index in [-0.39, 0.29) is 0 Å². The summed E-state index contributed by atoms with van der Waals surface area (Å²) in [4.78, 5) is 4.36. The van der Waals surface area contributed by atoms with Crippen LogP contribution in [0.5, 0.6) is 0 Å². The average molecular weight is 247 g/mol. The Balaban J connectivity index is 1.59. The summed E-state index contributed by atoms with van der Waals surface area (Å²) in [7, 11) is 0. The molecule has 0 aromatic carbocycles. The molecule has 1 heterocycles.